The van der Waals surface area contributed by atoms with Gasteiger partial charge in [-0.15, -0.1) is 0 Å². The molecule has 0 atom stereocenters. The molecule has 0 aliphatic carbocycles. The van der Waals surface area contributed by atoms with Crippen molar-refractivity contribution in [2.75, 3.05) is 33.2 Å². The van der Waals surface area contributed by atoms with E-state index in [1.54, 1.807) is 0 Å². The molecule has 16 heavy (non-hydrogen) atoms. The minimum atomic E-state index is 0.399. The van der Waals surface area contributed by atoms with Crippen molar-refractivity contribution >= 4 is 5.91 Å². The molecule has 0 unspecified atom stereocenters. The maximum atomic E-state index is 11.9. The molecule has 0 radical (unpaired) electrons. The summed E-state index contributed by atoms with van der Waals surface area (Å²) in [6.45, 7) is 4.43. The number of amides is 1. The van der Waals surface area contributed by atoms with E-state index in [4.69, 9.17) is 0 Å². The van der Waals surface area contributed by atoms with Crippen LogP contribution in [0.2, 0.25) is 0 Å². The van der Waals surface area contributed by atoms with Gasteiger partial charge in [0.05, 0.1) is 0 Å². The van der Waals surface area contributed by atoms with Gasteiger partial charge in [0, 0.05) is 19.5 Å². The van der Waals surface area contributed by atoms with Crippen molar-refractivity contribution in [1.82, 2.24) is 9.80 Å². The van der Waals surface area contributed by atoms with Gasteiger partial charge in [-0.1, -0.05) is 0 Å². The summed E-state index contributed by atoms with van der Waals surface area (Å²) in [5.74, 6) is 1.19. The first-order chi connectivity index (χ1) is 7.75. The molecule has 2 rings (SSSR count). The summed E-state index contributed by atoms with van der Waals surface area (Å²) in [5.41, 5.74) is 0. The highest BCUT2D eigenvalue weighted by molar-refractivity contribution is 5.76. The first kappa shape index (κ1) is 11.9. The Hall–Kier alpha value is -0.570. The monoisotopic (exact) mass is 224 g/mol. The van der Waals surface area contributed by atoms with Crippen LogP contribution >= 0.6 is 0 Å². The fourth-order valence-corrected chi connectivity index (χ4v) is 2.80. The van der Waals surface area contributed by atoms with Crippen LogP contribution in [-0.2, 0) is 4.79 Å². The van der Waals surface area contributed by atoms with Crippen LogP contribution in [0.25, 0.3) is 0 Å². The Morgan fingerprint density at radius 2 is 1.75 bits per heavy atom. The number of carbonyl (C=O) groups excluding carboxylic acids is 1. The molecule has 0 spiro atoms. The molecule has 2 saturated heterocycles. The van der Waals surface area contributed by atoms with Crippen LogP contribution in [0.3, 0.4) is 0 Å². The van der Waals surface area contributed by atoms with Gasteiger partial charge in [-0.05, 0) is 58.2 Å². The van der Waals surface area contributed by atoms with Crippen LogP contribution in [0.4, 0.5) is 0 Å². The van der Waals surface area contributed by atoms with Gasteiger partial charge in [0.1, 0.15) is 0 Å². The molecule has 0 aromatic rings. The van der Waals surface area contributed by atoms with Crippen molar-refractivity contribution in [1.29, 1.82) is 0 Å². The highest BCUT2D eigenvalue weighted by Gasteiger charge is 2.21. The van der Waals surface area contributed by atoms with Crippen LogP contribution in [0, 0.1) is 5.92 Å². The van der Waals surface area contributed by atoms with Crippen LogP contribution < -0.4 is 0 Å². The molecule has 2 aliphatic rings. The van der Waals surface area contributed by atoms with Crippen molar-refractivity contribution < 1.29 is 4.79 Å². The van der Waals surface area contributed by atoms with Gasteiger partial charge >= 0.3 is 0 Å². The normalized spacial score (nSPS) is 23.9. The summed E-state index contributed by atoms with van der Waals surface area (Å²) in [4.78, 5) is 16.3. The van der Waals surface area contributed by atoms with Gasteiger partial charge in [-0.3, -0.25) is 4.79 Å². The molecule has 0 bridgehead atoms. The predicted octanol–water partition coefficient (Wildman–Crippen LogP) is 1.73. The fourth-order valence-electron chi connectivity index (χ4n) is 2.80. The SMILES string of the molecule is CN1CCC(CCC(=O)N2CCCC2)CC1. The lowest BCUT2D eigenvalue weighted by atomic mass is 9.92. The van der Waals surface area contributed by atoms with Gasteiger partial charge in [-0.25, -0.2) is 0 Å². The Balaban J connectivity index is 1.65. The van der Waals surface area contributed by atoms with E-state index in [1.165, 1.54) is 38.8 Å². The van der Waals surface area contributed by atoms with Gasteiger partial charge in [0.2, 0.25) is 5.91 Å². The third-order valence-electron chi connectivity index (χ3n) is 4.06. The molecule has 2 fully saturated rings. The first-order valence-electron chi connectivity index (χ1n) is 6.72. The number of rotatable bonds is 3. The van der Waals surface area contributed by atoms with E-state index < -0.39 is 0 Å². The van der Waals surface area contributed by atoms with Gasteiger partial charge in [0.25, 0.3) is 0 Å². The molecule has 3 nitrogen and oxygen atoms in total. The Bertz CT molecular complexity index is 228. The largest absolute Gasteiger partial charge is 0.343 e. The Morgan fingerprint density at radius 1 is 1.12 bits per heavy atom. The molecule has 92 valence electrons. The maximum Gasteiger partial charge on any atom is 0.222 e. The second kappa shape index (κ2) is 5.67. The zero-order valence-corrected chi connectivity index (χ0v) is 10.5. The molecule has 2 heterocycles. The summed E-state index contributed by atoms with van der Waals surface area (Å²) in [5, 5.41) is 0. The van der Waals surface area contributed by atoms with Crippen LogP contribution in [-0.4, -0.2) is 48.9 Å². The zero-order chi connectivity index (χ0) is 11.4. The summed E-state index contributed by atoms with van der Waals surface area (Å²) >= 11 is 0. The van der Waals surface area contributed by atoms with Crippen molar-refractivity contribution in [2.24, 2.45) is 5.92 Å². The van der Waals surface area contributed by atoms with E-state index in [1.807, 2.05) is 0 Å². The van der Waals surface area contributed by atoms with Gasteiger partial charge in [-0.2, -0.15) is 0 Å². The topological polar surface area (TPSA) is 23.6 Å². The molecule has 0 aromatic carbocycles. The maximum absolute atomic E-state index is 11.9. The van der Waals surface area contributed by atoms with Crippen molar-refractivity contribution in [3.63, 3.8) is 0 Å². The number of hydrogen-bond acceptors (Lipinski definition) is 2. The molecule has 0 N–H and O–H groups in total. The Labute approximate surface area is 98.8 Å². The second-order valence-corrected chi connectivity index (χ2v) is 5.37. The molecular formula is C13H24N2O. The molecule has 0 aromatic heterocycles. The quantitative estimate of drug-likeness (QED) is 0.729. The van der Waals surface area contributed by atoms with E-state index in [9.17, 15) is 4.79 Å². The predicted molar refractivity (Wildman–Crippen MR) is 65.3 cm³/mol. The molecular weight excluding hydrogens is 200 g/mol. The highest BCUT2D eigenvalue weighted by atomic mass is 16.2. The van der Waals surface area contributed by atoms with Crippen molar-refractivity contribution in [3.8, 4) is 0 Å². The Morgan fingerprint density at radius 3 is 2.38 bits per heavy atom. The van der Waals surface area contributed by atoms with E-state index in [0.29, 0.717) is 5.91 Å². The van der Waals surface area contributed by atoms with Crippen LogP contribution in [0.1, 0.15) is 38.5 Å². The fraction of sp³-hybridized carbons (Fsp3) is 0.923. The van der Waals surface area contributed by atoms with Crippen molar-refractivity contribution in [3.05, 3.63) is 0 Å². The molecule has 1 amide bonds. The molecule has 2 aliphatic heterocycles. The lowest BCUT2D eigenvalue weighted by molar-refractivity contribution is -0.130. The third kappa shape index (κ3) is 3.21. The summed E-state index contributed by atoms with van der Waals surface area (Å²) in [6.07, 6.45) is 6.88. The summed E-state index contributed by atoms with van der Waals surface area (Å²) < 4.78 is 0. The molecule has 3 heteroatoms. The number of piperidine rings is 1. The van der Waals surface area contributed by atoms with Crippen LogP contribution in [0.5, 0.6) is 0 Å². The number of nitrogens with zero attached hydrogens (tertiary/aromatic N) is 2. The third-order valence-corrected chi connectivity index (χ3v) is 4.06. The zero-order valence-electron chi connectivity index (χ0n) is 10.5. The lowest BCUT2D eigenvalue weighted by Gasteiger charge is -2.29. The van der Waals surface area contributed by atoms with Gasteiger partial charge < -0.3 is 9.80 Å². The van der Waals surface area contributed by atoms with E-state index >= 15 is 0 Å². The summed E-state index contributed by atoms with van der Waals surface area (Å²) in [6, 6.07) is 0. The number of hydrogen-bond donors (Lipinski definition) is 0. The number of likely N-dealkylation sites (tertiary alicyclic amines) is 2. The second-order valence-electron chi connectivity index (χ2n) is 5.37. The van der Waals surface area contributed by atoms with Crippen LogP contribution in [0.15, 0.2) is 0 Å². The Kier molecular flexibility index (Phi) is 4.22. The van der Waals surface area contributed by atoms with E-state index in [0.717, 1.165) is 31.8 Å². The average Bonchev–Trinajstić information content (AvgIpc) is 2.81. The number of carbonyl (C=O) groups is 1. The van der Waals surface area contributed by atoms with Crippen molar-refractivity contribution in [2.45, 2.75) is 38.5 Å². The minimum absolute atomic E-state index is 0.399. The molecule has 0 saturated carbocycles. The van der Waals surface area contributed by atoms with Gasteiger partial charge in [0.15, 0.2) is 0 Å². The highest BCUT2D eigenvalue weighted by Crippen LogP contribution is 2.22. The van der Waals surface area contributed by atoms with E-state index in [2.05, 4.69) is 16.8 Å². The minimum Gasteiger partial charge on any atom is -0.343 e. The summed E-state index contributed by atoms with van der Waals surface area (Å²) in [7, 11) is 2.19. The lowest BCUT2D eigenvalue weighted by Crippen LogP contribution is -2.32. The smallest absolute Gasteiger partial charge is 0.222 e. The van der Waals surface area contributed by atoms with E-state index in [-0.39, 0.29) is 0 Å². The first-order valence-corrected chi connectivity index (χ1v) is 6.72. The average molecular weight is 224 g/mol. The standard InChI is InChI=1S/C13H24N2O/c1-14-10-6-12(7-11-14)4-5-13(16)15-8-2-3-9-15/h12H,2-11H2,1H3.